The van der Waals surface area contributed by atoms with E-state index >= 15 is 0 Å². The second-order valence-electron chi connectivity index (χ2n) is 6.59. The minimum atomic E-state index is -0.592. The molecule has 2 aromatic rings. The highest BCUT2D eigenvalue weighted by Crippen LogP contribution is 2.16. The second kappa shape index (κ2) is 9.86. The van der Waals surface area contributed by atoms with E-state index in [1.54, 1.807) is 23.1 Å². The Morgan fingerprint density at radius 1 is 1.07 bits per heavy atom. The molecule has 1 N–H and O–H groups in total. The monoisotopic (exact) mass is 370 g/mol. The Morgan fingerprint density at radius 2 is 1.74 bits per heavy atom. The third-order valence-corrected chi connectivity index (χ3v) is 4.51. The molecule has 0 radical (unpaired) electrons. The molecule has 0 fully saturated rings. The number of hydrogen-bond donors (Lipinski definition) is 1. The van der Waals surface area contributed by atoms with Crippen molar-refractivity contribution >= 4 is 11.8 Å². The molecule has 0 aliphatic rings. The summed E-state index contributed by atoms with van der Waals surface area (Å²) in [6, 6.07) is 13.5. The van der Waals surface area contributed by atoms with E-state index in [-0.39, 0.29) is 18.2 Å². The Kier molecular flexibility index (Phi) is 7.53. The summed E-state index contributed by atoms with van der Waals surface area (Å²) in [6.07, 6.45) is 0.412. The molecule has 0 saturated carbocycles. The van der Waals surface area contributed by atoms with Crippen LogP contribution in [0.4, 0.5) is 4.39 Å². The molecule has 0 aliphatic carbocycles. The zero-order valence-corrected chi connectivity index (χ0v) is 16.2. The SMILES string of the molecule is CCNC(=O)[C@H](CC)N(Cc1ccc(C)cc1)C(=O)Cc1ccccc1F. The Hall–Kier alpha value is -2.69. The highest BCUT2D eigenvalue weighted by atomic mass is 19.1. The lowest BCUT2D eigenvalue weighted by Crippen LogP contribution is -2.49. The standard InChI is InChI=1S/C22H27FN2O2/c1-4-20(22(27)24-5-2)25(15-17-12-10-16(3)11-13-17)21(26)14-18-8-6-7-9-19(18)23/h6-13,20H,4-5,14-15H2,1-3H3,(H,24,27)/t20-/m0/s1. The highest BCUT2D eigenvalue weighted by Gasteiger charge is 2.28. The summed E-state index contributed by atoms with van der Waals surface area (Å²) in [5, 5.41) is 2.80. The molecule has 2 aromatic carbocycles. The number of carbonyl (C=O) groups excluding carboxylic acids is 2. The number of amides is 2. The zero-order valence-electron chi connectivity index (χ0n) is 16.2. The number of likely N-dealkylation sites (N-methyl/N-ethyl adjacent to an activating group) is 1. The molecule has 2 amide bonds. The third-order valence-electron chi connectivity index (χ3n) is 4.51. The smallest absolute Gasteiger partial charge is 0.242 e. The topological polar surface area (TPSA) is 49.4 Å². The fourth-order valence-corrected chi connectivity index (χ4v) is 3.01. The largest absolute Gasteiger partial charge is 0.355 e. The maximum atomic E-state index is 14.0. The van der Waals surface area contributed by atoms with Gasteiger partial charge in [-0.25, -0.2) is 4.39 Å². The molecule has 1 atom stereocenters. The van der Waals surface area contributed by atoms with Gasteiger partial charge in [0, 0.05) is 13.1 Å². The summed E-state index contributed by atoms with van der Waals surface area (Å²) >= 11 is 0. The quantitative estimate of drug-likeness (QED) is 0.772. The number of halogens is 1. The first-order valence-electron chi connectivity index (χ1n) is 9.32. The molecule has 27 heavy (non-hydrogen) atoms. The summed E-state index contributed by atoms with van der Waals surface area (Å²) in [5.74, 6) is -0.861. The van der Waals surface area contributed by atoms with Crippen LogP contribution in [0.25, 0.3) is 0 Å². The molecule has 5 heteroatoms. The van der Waals surface area contributed by atoms with Gasteiger partial charge in [-0.05, 0) is 37.5 Å². The van der Waals surface area contributed by atoms with Gasteiger partial charge >= 0.3 is 0 Å². The van der Waals surface area contributed by atoms with E-state index < -0.39 is 11.9 Å². The number of nitrogens with zero attached hydrogens (tertiary/aromatic N) is 1. The molecule has 4 nitrogen and oxygen atoms in total. The van der Waals surface area contributed by atoms with Crippen molar-refractivity contribution in [2.45, 2.75) is 46.2 Å². The van der Waals surface area contributed by atoms with E-state index in [1.807, 2.05) is 45.0 Å². The van der Waals surface area contributed by atoms with E-state index in [0.29, 0.717) is 25.1 Å². The van der Waals surface area contributed by atoms with Gasteiger partial charge in [-0.2, -0.15) is 0 Å². The molecule has 144 valence electrons. The van der Waals surface area contributed by atoms with Crippen molar-refractivity contribution in [3.63, 3.8) is 0 Å². The van der Waals surface area contributed by atoms with Crippen LogP contribution in [0.15, 0.2) is 48.5 Å². The van der Waals surface area contributed by atoms with Crippen molar-refractivity contribution in [2.75, 3.05) is 6.54 Å². The second-order valence-corrected chi connectivity index (χ2v) is 6.59. The van der Waals surface area contributed by atoms with Gasteiger partial charge in [-0.1, -0.05) is 55.0 Å². The normalized spacial score (nSPS) is 11.7. The van der Waals surface area contributed by atoms with Crippen molar-refractivity contribution in [1.29, 1.82) is 0 Å². The average molecular weight is 370 g/mol. The summed E-state index contributed by atoms with van der Waals surface area (Å²) in [7, 11) is 0. The predicted octanol–water partition coefficient (Wildman–Crippen LogP) is 3.62. The lowest BCUT2D eigenvalue weighted by atomic mass is 10.1. The lowest BCUT2D eigenvalue weighted by Gasteiger charge is -2.30. The van der Waals surface area contributed by atoms with Gasteiger partial charge in [0.1, 0.15) is 11.9 Å². The number of carbonyl (C=O) groups is 2. The van der Waals surface area contributed by atoms with Crippen LogP contribution in [-0.2, 0) is 22.6 Å². The van der Waals surface area contributed by atoms with E-state index in [2.05, 4.69) is 5.32 Å². The summed E-state index contributed by atoms with van der Waals surface area (Å²) < 4.78 is 14.0. The van der Waals surface area contributed by atoms with Gasteiger partial charge in [0.2, 0.25) is 11.8 Å². The highest BCUT2D eigenvalue weighted by molar-refractivity contribution is 5.88. The zero-order chi connectivity index (χ0) is 19.8. The van der Waals surface area contributed by atoms with Crippen LogP contribution in [0.2, 0.25) is 0 Å². The van der Waals surface area contributed by atoms with E-state index in [9.17, 15) is 14.0 Å². The van der Waals surface area contributed by atoms with Crippen molar-refractivity contribution in [2.24, 2.45) is 0 Å². The van der Waals surface area contributed by atoms with Gasteiger partial charge in [-0.15, -0.1) is 0 Å². The molecular formula is C22H27FN2O2. The summed E-state index contributed by atoms with van der Waals surface area (Å²) in [6.45, 7) is 6.52. The fraction of sp³-hybridized carbons (Fsp3) is 0.364. The van der Waals surface area contributed by atoms with Crippen LogP contribution in [0, 0.1) is 12.7 Å². The van der Waals surface area contributed by atoms with E-state index in [1.165, 1.54) is 6.07 Å². The molecule has 0 aliphatic heterocycles. The van der Waals surface area contributed by atoms with Crippen molar-refractivity contribution in [3.8, 4) is 0 Å². The maximum Gasteiger partial charge on any atom is 0.242 e. The van der Waals surface area contributed by atoms with Crippen LogP contribution in [0.3, 0.4) is 0 Å². The van der Waals surface area contributed by atoms with E-state index in [0.717, 1.165) is 11.1 Å². The first-order chi connectivity index (χ1) is 13.0. The molecule has 0 heterocycles. The Labute approximate surface area is 160 Å². The summed E-state index contributed by atoms with van der Waals surface area (Å²) in [4.78, 5) is 27.1. The lowest BCUT2D eigenvalue weighted by molar-refractivity contribution is -0.140. The average Bonchev–Trinajstić information content (AvgIpc) is 2.65. The van der Waals surface area contributed by atoms with Gasteiger partial charge in [0.05, 0.1) is 6.42 Å². The fourth-order valence-electron chi connectivity index (χ4n) is 3.01. The van der Waals surface area contributed by atoms with Gasteiger partial charge in [-0.3, -0.25) is 9.59 Å². The number of nitrogens with one attached hydrogen (secondary N) is 1. The van der Waals surface area contributed by atoms with E-state index in [4.69, 9.17) is 0 Å². The summed E-state index contributed by atoms with van der Waals surface area (Å²) in [5.41, 5.74) is 2.39. The van der Waals surface area contributed by atoms with Crippen molar-refractivity contribution in [1.82, 2.24) is 10.2 Å². The number of benzene rings is 2. The molecule has 0 bridgehead atoms. The third kappa shape index (κ3) is 5.64. The van der Waals surface area contributed by atoms with Crippen LogP contribution in [0.5, 0.6) is 0 Å². The van der Waals surface area contributed by atoms with Gasteiger partial charge in [0.25, 0.3) is 0 Å². The van der Waals surface area contributed by atoms with Crippen LogP contribution < -0.4 is 5.32 Å². The molecular weight excluding hydrogens is 343 g/mol. The first kappa shape index (κ1) is 20.6. The maximum absolute atomic E-state index is 14.0. The number of rotatable bonds is 8. The minimum Gasteiger partial charge on any atom is -0.355 e. The minimum absolute atomic E-state index is 0.0750. The van der Waals surface area contributed by atoms with Gasteiger partial charge in [0.15, 0.2) is 0 Å². The first-order valence-corrected chi connectivity index (χ1v) is 9.32. The molecule has 0 aromatic heterocycles. The predicted molar refractivity (Wildman–Crippen MR) is 105 cm³/mol. The van der Waals surface area contributed by atoms with Crippen LogP contribution in [0.1, 0.15) is 37.0 Å². The van der Waals surface area contributed by atoms with Gasteiger partial charge < -0.3 is 10.2 Å². The molecule has 0 spiro atoms. The molecule has 0 saturated heterocycles. The Balaban J connectivity index is 2.29. The molecule has 0 unspecified atom stereocenters. The van der Waals surface area contributed by atoms with Crippen molar-refractivity contribution < 1.29 is 14.0 Å². The van der Waals surface area contributed by atoms with Crippen LogP contribution in [-0.4, -0.2) is 29.3 Å². The number of aryl methyl sites for hydroxylation is 1. The van der Waals surface area contributed by atoms with Crippen LogP contribution >= 0.6 is 0 Å². The Morgan fingerprint density at radius 3 is 2.33 bits per heavy atom. The molecule has 2 rings (SSSR count). The van der Waals surface area contributed by atoms with Crippen molar-refractivity contribution in [3.05, 3.63) is 71.0 Å². The Bertz CT molecular complexity index is 774. The number of hydrogen-bond acceptors (Lipinski definition) is 2.